The number of allylic oxidation sites excluding steroid dienone is 4. The summed E-state index contributed by atoms with van der Waals surface area (Å²) in [6.45, 7) is 15.0. The van der Waals surface area contributed by atoms with E-state index >= 15 is 0 Å². The lowest BCUT2D eigenvalue weighted by Gasteiger charge is -2.42. The third-order valence-electron chi connectivity index (χ3n) is 7.57. The Hall–Kier alpha value is -3.12. The summed E-state index contributed by atoms with van der Waals surface area (Å²) in [5, 5.41) is 0. The molecule has 0 spiro atoms. The van der Waals surface area contributed by atoms with E-state index in [0.717, 1.165) is 49.8 Å². The predicted octanol–water partition coefficient (Wildman–Crippen LogP) is 8.29. The zero-order chi connectivity index (χ0) is 29.1. The maximum atomic E-state index is 14.0. The van der Waals surface area contributed by atoms with Gasteiger partial charge in [0.25, 0.3) is 0 Å². The normalized spacial score (nSPS) is 19.1. The van der Waals surface area contributed by atoms with Crippen LogP contribution in [0.25, 0.3) is 0 Å². The maximum Gasteiger partial charge on any atom is 0.126 e. The molecule has 4 rings (SSSR count). The van der Waals surface area contributed by atoms with Gasteiger partial charge in [0.1, 0.15) is 18.3 Å². The molecule has 1 unspecified atom stereocenters. The molecule has 40 heavy (non-hydrogen) atoms. The van der Waals surface area contributed by atoms with Crippen LogP contribution in [0.4, 0.5) is 13.2 Å². The van der Waals surface area contributed by atoms with E-state index in [9.17, 15) is 13.2 Å². The molecule has 2 aliphatic rings. The summed E-state index contributed by atoms with van der Waals surface area (Å²) < 4.78 is 39.0. The van der Waals surface area contributed by atoms with Crippen molar-refractivity contribution in [1.29, 1.82) is 0 Å². The Morgan fingerprint density at radius 1 is 1.02 bits per heavy atom. The average molecular weight is 552 g/mol. The maximum absolute atomic E-state index is 14.0. The van der Waals surface area contributed by atoms with Crippen LogP contribution in [0.15, 0.2) is 89.2 Å². The van der Waals surface area contributed by atoms with E-state index in [1.165, 1.54) is 47.4 Å². The average Bonchev–Trinajstić information content (AvgIpc) is 3.77. The van der Waals surface area contributed by atoms with Gasteiger partial charge in [-0.1, -0.05) is 56.3 Å². The van der Waals surface area contributed by atoms with E-state index in [4.69, 9.17) is 0 Å². The molecule has 3 nitrogen and oxygen atoms in total. The number of aryl methyl sites for hydroxylation is 1. The molecule has 2 aromatic carbocycles. The first-order chi connectivity index (χ1) is 19.3. The van der Waals surface area contributed by atoms with Gasteiger partial charge in [0.15, 0.2) is 0 Å². The first-order valence-electron chi connectivity index (χ1n) is 14.4. The fourth-order valence-electron chi connectivity index (χ4n) is 5.43. The van der Waals surface area contributed by atoms with Crippen molar-refractivity contribution in [2.75, 3.05) is 26.3 Å². The molecule has 1 saturated carbocycles. The molecule has 1 atom stereocenters. The van der Waals surface area contributed by atoms with E-state index < -0.39 is 11.6 Å². The molecule has 0 radical (unpaired) electrons. The van der Waals surface area contributed by atoms with Gasteiger partial charge < -0.3 is 4.90 Å². The number of piperazine rings is 1. The number of alkyl halides is 1. The lowest BCUT2D eigenvalue weighted by molar-refractivity contribution is 0.0711. The highest BCUT2D eigenvalue weighted by Gasteiger charge is 2.32. The summed E-state index contributed by atoms with van der Waals surface area (Å²) >= 11 is 0. The highest BCUT2D eigenvalue weighted by molar-refractivity contribution is 6.03. The zero-order valence-electron chi connectivity index (χ0n) is 24.5. The fraction of sp³-hybridized carbons (Fsp3) is 0.441. The van der Waals surface area contributed by atoms with Crippen molar-refractivity contribution >= 4 is 5.71 Å². The number of halogens is 3. The van der Waals surface area contributed by atoms with Crippen LogP contribution in [-0.2, 0) is 13.0 Å². The summed E-state index contributed by atoms with van der Waals surface area (Å²) in [5.41, 5.74) is 6.79. The summed E-state index contributed by atoms with van der Waals surface area (Å²) in [4.78, 5) is 9.14. The minimum Gasteiger partial charge on any atom is -0.372 e. The standard InChI is InChI=1S/C25H34FN3.C9H10F2/c1-5-24(22-12-13-22)25(19(3)27-6-2)20(4)28-14-15-29(23(16-26)18-28)17-21-10-8-7-9-11-21;1-2-3-7-4-8(10)6-9(11)5-7/h5-11,22-23H,2,12-18H2,1,3-4H3;4-6H,2-3H2,1H3/b24-5-,25-20-,27-19?;. The summed E-state index contributed by atoms with van der Waals surface area (Å²) in [7, 11) is 0. The van der Waals surface area contributed by atoms with E-state index in [1.54, 1.807) is 6.20 Å². The molecular weight excluding hydrogens is 507 g/mol. The van der Waals surface area contributed by atoms with E-state index in [-0.39, 0.29) is 12.7 Å². The molecule has 216 valence electrons. The van der Waals surface area contributed by atoms with Crippen LogP contribution in [0.3, 0.4) is 0 Å². The Bertz CT molecular complexity index is 1180. The molecule has 0 bridgehead atoms. The van der Waals surface area contributed by atoms with Gasteiger partial charge in [-0.2, -0.15) is 0 Å². The molecule has 0 amide bonds. The Morgan fingerprint density at radius 3 is 2.25 bits per heavy atom. The van der Waals surface area contributed by atoms with Crippen molar-refractivity contribution in [3.8, 4) is 0 Å². The van der Waals surface area contributed by atoms with Crippen molar-refractivity contribution in [1.82, 2.24) is 9.80 Å². The smallest absolute Gasteiger partial charge is 0.126 e. The second kappa shape index (κ2) is 15.6. The van der Waals surface area contributed by atoms with Gasteiger partial charge in [-0.05, 0) is 74.8 Å². The van der Waals surface area contributed by atoms with E-state index in [1.807, 2.05) is 25.1 Å². The summed E-state index contributed by atoms with van der Waals surface area (Å²) in [5.74, 6) is -0.349. The number of hydrogen-bond acceptors (Lipinski definition) is 3. The van der Waals surface area contributed by atoms with E-state index in [0.29, 0.717) is 12.5 Å². The number of rotatable bonds is 10. The topological polar surface area (TPSA) is 18.8 Å². The summed E-state index contributed by atoms with van der Waals surface area (Å²) in [6.07, 6.45) is 7.98. The molecule has 1 aliphatic heterocycles. The first-order valence-corrected chi connectivity index (χ1v) is 14.4. The second-order valence-electron chi connectivity index (χ2n) is 10.6. The molecule has 1 saturated heterocycles. The fourth-order valence-corrected chi connectivity index (χ4v) is 5.43. The highest BCUT2D eigenvalue weighted by atomic mass is 19.1. The zero-order valence-corrected chi connectivity index (χ0v) is 24.5. The van der Waals surface area contributed by atoms with E-state index in [2.05, 4.69) is 60.4 Å². The Labute approximate surface area is 238 Å². The van der Waals surface area contributed by atoms with Crippen LogP contribution in [0.2, 0.25) is 0 Å². The van der Waals surface area contributed by atoms with Crippen molar-refractivity contribution in [2.45, 2.75) is 66.0 Å². The Balaban J connectivity index is 0.000000336. The molecule has 0 aromatic heterocycles. The third-order valence-corrected chi connectivity index (χ3v) is 7.57. The summed E-state index contributed by atoms with van der Waals surface area (Å²) in [6, 6.07) is 13.9. The van der Waals surface area contributed by atoms with Crippen LogP contribution < -0.4 is 0 Å². The quantitative estimate of drug-likeness (QED) is 0.219. The van der Waals surface area contributed by atoms with Crippen LogP contribution >= 0.6 is 0 Å². The monoisotopic (exact) mass is 551 g/mol. The largest absolute Gasteiger partial charge is 0.372 e. The number of aliphatic imine (C=N–C) groups is 1. The molecule has 6 heteroatoms. The van der Waals surface area contributed by atoms with Crippen LogP contribution in [-0.4, -0.2) is 47.9 Å². The van der Waals surface area contributed by atoms with Gasteiger partial charge in [0.05, 0.1) is 6.04 Å². The minimum atomic E-state index is -0.492. The number of benzene rings is 2. The lowest BCUT2D eigenvalue weighted by Crippen LogP contribution is -2.53. The molecule has 2 aromatic rings. The van der Waals surface area contributed by atoms with Crippen molar-refractivity contribution < 1.29 is 13.2 Å². The van der Waals surface area contributed by atoms with Crippen molar-refractivity contribution in [3.05, 3.63) is 107 Å². The van der Waals surface area contributed by atoms with Gasteiger partial charge in [0, 0.05) is 55.4 Å². The highest BCUT2D eigenvalue weighted by Crippen LogP contribution is 2.41. The minimum absolute atomic E-state index is 0.0909. The van der Waals surface area contributed by atoms with Crippen molar-refractivity contribution in [3.63, 3.8) is 0 Å². The lowest BCUT2D eigenvalue weighted by atomic mass is 9.94. The van der Waals surface area contributed by atoms with Crippen LogP contribution in [0, 0.1) is 17.6 Å². The van der Waals surface area contributed by atoms with Crippen LogP contribution in [0.1, 0.15) is 58.1 Å². The van der Waals surface area contributed by atoms with Gasteiger partial charge in [-0.3, -0.25) is 9.89 Å². The van der Waals surface area contributed by atoms with Gasteiger partial charge in [-0.25, -0.2) is 13.2 Å². The molecule has 1 aliphatic carbocycles. The Morgan fingerprint density at radius 2 is 1.70 bits per heavy atom. The van der Waals surface area contributed by atoms with Crippen LogP contribution in [0.5, 0.6) is 0 Å². The first kappa shape index (κ1) is 31.4. The third kappa shape index (κ3) is 8.95. The SMILES string of the molecule is C=CN=C(C)C(/C(=C\C)C1CC1)=C(\C)N1CCN(Cc2ccccc2)C(CF)C1.CCCc1cc(F)cc(F)c1. The van der Waals surface area contributed by atoms with Gasteiger partial charge >= 0.3 is 0 Å². The molecule has 0 N–H and O–H groups in total. The Kier molecular flexibility index (Phi) is 12.3. The van der Waals surface area contributed by atoms with Crippen molar-refractivity contribution in [2.24, 2.45) is 10.9 Å². The predicted molar refractivity (Wildman–Crippen MR) is 161 cm³/mol. The molecular formula is C34H44F3N3. The second-order valence-corrected chi connectivity index (χ2v) is 10.6. The van der Waals surface area contributed by atoms with Gasteiger partial charge in [-0.15, -0.1) is 0 Å². The number of hydrogen-bond donors (Lipinski definition) is 0. The molecule has 2 fully saturated rings. The van der Waals surface area contributed by atoms with Gasteiger partial charge in [0.2, 0.25) is 0 Å². The molecule has 1 heterocycles. The number of nitrogens with zero attached hydrogens (tertiary/aromatic N) is 3.